The van der Waals surface area contributed by atoms with Crippen molar-refractivity contribution in [1.82, 2.24) is 24.9 Å². The Kier molecular flexibility index (Phi) is 18.9. The van der Waals surface area contributed by atoms with Crippen LogP contribution in [0.1, 0.15) is 107 Å². The molecule has 0 unspecified atom stereocenters. The van der Waals surface area contributed by atoms with Crippen molar-refractivity contribution < 1.29 is 48.4 Å². The van der Waals surface area contributed by atoms with E-state index in [-0.39, 0.29) is 17.4 Å². The molecule has 0 amide bonds. The highest BCUT2D eigenvalue weighted by molar-refractivity contribution is 9.10. The molecule has 5 aromatic rings. The Bertz CT molecular complexity index is 2210. The van der Waals surface area contributed by atoms with Crippen molar-refractivity contribution in [3.63, 3.8) is 0 Å². The van der Waals surface area contributed by atoms with Crippen LogP contribution in [0.4, 0.5) is 0 Å². The van der Waals surface area contributed by atoms with Crippen LogP contribution in [0.5, 0.6) is 0 Å². The molecule has 0 radical (unpaired) electrons. The number of hydrogen-bond acceptors (Lipinski definition) is 13. The second-order valence-corrected chi connectivity index (χ2v) is 13.5. The largest absolute Gasteiger partial charge is 0.477 e. The van der Waals surface area contributed by atoms with Crippen LogP contribution in [0.15, 0.2) is 107 Å². The quantitative estimate of drug-likeness (QED) is 0.111. The van der Waals surface area contributed by atoms with Crippen LogP contribution < -0.4 is 0 Å². The lowest BCUT2D eigenvalue weighted by Crippen LogP contribution is -2.07. The van der Waals surface area contributed by atoms with Crippen molar-refractivity contribution in [3.05, 3.63) is 152 Å². The van der Waals surface area contributed by atoms with Crippen molar-refractivity contribution in [2.24, 2.45) is 0 Å². The van der Waals surface area contributed by atoms with E-state index in [1.807, 2.05) is 18.2 Å². The highest BCUT2D eigenvalue weighted by Crippen LogP contribution is 2.41. The zero-order chi connectivity index (χ0) is 42.6. The van der Waals surface area contributed by atoms with E-state index < -0.39 is 23.9 Å². The fourth-order valence-corrected chi connectivity index (χ4v) is 5.60. The summed E-state index contributed by atoms with van der Waals surface area (Å²) in [6.07, 6.45) is 13.8. The van der Waals surface area contributed by atoms with E-state index in [1.165, 1.54) is 39.9 Å². The number of esters is 3. The van der Waals surface area contributed by atoms with Gasteiger partial charge in [0.25, 0.3) is 0 Å². The molecule has 2 saturated carbocycles. The minimum absolute atomic E-state index is 0.0440. The topological polar surface area (TPSA) is 218 Å². The Morgan fingerprint density at radius 2 is 0.897 bits per heavy atom. The highest BCUT2D eigenvalue weighted by atomic mass is 79.9. The summed E-state index contributed by atoms with van der Waals surface area (Å²) in [6, 6.07) is 17.7. The lowest BCUT2D eigenvalue weighted by molar-refractivity contribution is 0.0584. The summed E-state index contributed by atoms with van der Waals surface area (Å²) in [5.41, 5.74) is 3.96. The van der Waals surface area contributed by atoms with Gasteiger partial charge in [-0.3, -0.25) is 0 Å². The Morgan fingerprint density at radius 1 is 0.552 bits per heavy atom. The van der Waals surface area contributed by atoms with E-state index >= 15 is 0 Å². The molecule has 2 aliphatic carbocycles. The van der Waals surface area contributed by atoms with Gasteiger partial charge in [-0.05, 0) is 123 Å². The number of carbonyl (C=O) groups is 5. The number of rotatable bonds is 8. The molecule has 17 heteroatoms. The van der Waals surface area contributed by atoms with Crippen LogP contribution in [-0.2, 0) is 14.2 Å². The van der Waals surface area contributed by atoms with Crippen molar-refractivity contribution >= 4 is 67.8 Å². The maximum Gasteiger partial charge on any atom is 0.357 e. The third-order valence-electron chi connectivity index (χ3n) is 7.83. The number of carbonyl (C=O) groups excluding carboxylic acids is 3. The monoisotopic (exact) mass is 919 g/mol. The first kappa shape index (κ1) is 46.2. The van der Waals surface area contributed by atoms with Gasteiger partial charge in [0.05, 0.1) is 30.3 Å². The maximum absolute atomic E-state index is 11.3. The molecule has 0 bridgehead atoms. The lowest BCUT2D eigenvalue weighted by Gasteiger charge is -2.03. The smallest absolute Gasteiger partial charge is 0.357 e. The first-order chi connectivity index (χ1) is 27.9. The van der Waals surface area contributed by atoms with Gasteiger partial charge >= 0.3 is 29.8 Å². The van der Waals surface area contributed by atoms with E-state index in [9.17, 15) is 24.0 Å². The molecule has 2 N–H and O–H groups in total. The van der Waals surface area contributed by atoms with E-state index in [2.05, 4.69) is 77.6 Å². The van der Waals surface area contributed by atoms with Crippen molar-refractivity contribution in [3.8, 4) is 0 Å². The number of aromatic carboxylic acids is 2. The Morgan fingerprint density at radius 3 is 1.29 bits per heavy atom. The van der Waals surface area contributed by atoms with Gasteiger partial charge in [0.1, 0.15) is 0 Å². The molecule has 58 heavy (non-hydrogen) atoms. The lowest BCUT2D eigenvalue weighted by atomic mass is 10.1. The van der Waals surface area contributed by atoms with Crippen LogP contribution in [0.25, 0.3) is 6.08 Å². The van der Waals surface area contributed by atoms with Gasteiger partial charge in [0.2, 0.25) is 0 Å². The van der Waals surface area contributed by atoms with Crippen LogP contribution >= 0.6 is 31.9 Å². The first-order valence-electron chi connectivity index (χ1n) is 17.3. The second kappa shape index (κ2) is 23.8. The summed E-state index contributed by atoms with van der Waals surface area (Å²) >= 11 is 6.23. The molecule has 5 aromatic heterocycles. The fraction of sp³-hybridized carbons (Fsp3) is 0.220. The molecule has 5 heterocycles. The predicted molar refractivity (Wildman–Crippen MR) is 219 cm³/mol. The normalized spacial score (nSPS) is 12.0. The number of nitrogens with zero attached hydrogens (tertiary/aromatic N) is 5. The number of ether oxygens (including phenoxy) is 3. The van der Waals surface area contributed by atoms with Crippen molar-refractivity contribution in [2.45, 2.75) is 37.5 Å². The Hall–Kier alpha value is -6.20. The van der Waals surface area contributed by atoms with Crippen LogP contribution in [0.3, 0.4) is 0 Å². The molecule has 7 rings (SSSR count). The van der Waals surface area contributed by atoms with E-state index in [0.717, 1.165) is 36.8 Å². The summed E-state index contributed by atoms with van der Waals surface area (Å²) in [6.45, 7) is 3.56. The number of carboxylic acids is 2. The number of pyridine rings is 5. The molecule has 0 atom stereocenters. The van der Waals surface area contributed by atoms with E-state index in [0.29, 0.717) is 43.4 Å². The minimum atomic E-state index is -1.02. The summed E-state index contributed by atoms with van der Waals surface area (Å²) in [7, 11) is 4.03. The summed E-state index contributed by atoms with van der Waals surface area (Å²) in [5, 5.41) is 17.3. The first-order valence-corrected chi connectivity index (χ1v) is 18.9. The van der Waals surface area contributed by atoms with Gasteiger partial charge < -0.3 is 24.4 Å². The molecule has 2 aliphatic rings. The molecule has 302 valence electrons. The molecule has 0 aromatic carbocycles. The van der Waals surface area contributed by atoms with Gasteiger partial charge in [0, 0.05) is 36.5 Å². The molecule has 0 saturated heterocycles. The van der Waals surface area contributed by atoms with Gasteiger partial charge in [-0.25, -0.2) is 48.9 Å². The van der Waals surface area contributed by atoms with Gasteiger partial charge in [-0.1, -0.05) is 30.9 Å². The number of methoxy groups -OCH3 is 3. The van der Waals surface area contributed by atoms with E-state index in [4.69, 9.17) is 10.2 Å². The van der Waals surface area contributed by atoms with Crippen molar-refractivity contribution in [1.29, 1.82) is 0 Å². The van der Waals surface area contributed by atoms with Crippen LogP contribution in [-0.4, -0.2) is 86.3 Å². The average Bonchev–Trinajstić information content (AvgIpc) is 4.19. The number of hydrogen-bond donors (Lipinski definition) is 2. The molecule has 15 nitrogen and oxygen atoms in total. The number of carboxylic acid groups (broad SMARTS) is 2. The average molecular weight is 922 g/mol. The predicted octanol–water partition coefficient (Wildman–Crippen LogP) is 8.09. The summed E-state index contributed by atoms with van der Waals surface area (Å²) in [4.78, 5) is 73.5. The molecule has 2 fully saturated rings. The molecule has 0 spiro atoms. The molecular weight excluding hydrogens is 882 g/mol. The van der Waals surface area contributed by atoms with Crippen LogP contribution in [0, 0.1) is 0 Å². The Labute approximate surface area is 350 Å². The third kappa shape index (κ3) is 14.4. The standard InChI is InChI=1S/C10H11NO2.2C9H9NO2.C7H6BrNO2.C6H4BrNO2/c1-13-10(12)9-8(7-4-5-7)3-2-6-11-9;11-9(12)8-7(6-3-4-6)2-1-5-10-8;1-3-7-5-4-6-10-8(7)9(11)12-2;1-11-7(10)6-5(8)3-2-4-9-6;7-4-2-1-3-8-5(4)6(9)10/h2-3,6-7H,4-5H2,1H3;1-2,5-6H,3-4H2,(H,11,12);3-6H,1H2,2H3;2-4H,1H3;1-3H,(H,9,10). The molecule has 0 aliphatic heterocycles. The third-order valence-corrected chi connectivity index (χ3v) is 9.11. The zero-order valence-corrected chi connectivity index (χ0v) is 34.8. The van der Waals surface area contributed by atoms with Gasteiger partial charge in [-0.15, -0.1) is 0 Å². The van der Waals surface area contributed by atoms with E-state index in [1.54, 1.807) is 60.9 Å². The summed E-state index contributed by atoms with van der Waals surface area (Å²) in [5.74, 6) is -2.16. The molecular formula is C41H39Br2N5O10. The number of aromatic nitrogens is 5. The fourth-order valence-electron chi connectivity index (χ4n) is 4.75. The highest BCUT2D eigenvalue weighted by Gasteiger charge is 2.29. The Balaban J connectivity index is 0.000000195. The van der Waals surface area contributed by atoms with Gasteiger partial charge in [0.15, 0.2) is 28.5 Å². The number of halogens is 2. The van der Waals surface area contributed by atoms with Gasteiger partial charge in [-0.2, -0.15) is 0 Å². The summed E-state index contributed by atoms with van der Waals surface area (Å²) < 4.78 is 14.8. The maximum atomic E-state index is 11.3. The minimum Gasteiger partial charge on any atom is -0.477 e. The van der Waals surface area contributed by atoms with Crippen molar-refractivity contribution in [2.75, 3.05) is 21.3 Å². The SMILES string of the molecule is C=Cc1cccnc1C(=O)OC.COC(=O)c1ncccc1Br.COC(=O)c1ncccc1C1CC1.O=C(O)c1ncccc1Br.O=C(O)c1ncccc1C1CC1. The van der Waals surface area contributed by atoms with Crippen LogP contribution in [0.2, 0.25) is 0 Å². The zero-order valence-electron chi connectivity index (χ0n) is 31.6. The second-order valence-electron chi connectivity index (χ2n) is 11.8.